The van der Waals surface area contributed by atoms with Crippen LogP contribution in [0.4, 0.5) is 0 Å². The van der Waals surface area contributed by atoms with Crippen LogP contribution in [-0.4, -0.2) is 46.1 Å². The summed E-state index contributed by atoms with van der Waals surface area (Å²) in [7, 11) is -1.28. The Hall–Kier alpha value is -1.20. The Labute approximate surface area is 135 Å². The van der Waals surface area contributed by atoms with Crippen LogP contribution in [0.15, 0.2) is 30.3 Å². The highest BCUT2D eigenvalue weighted by atomic mass is 32.2. The SMILES string of the molecule is CCN(CC)C(=O)[C@H](c1ccccc1)[S@](=O)[C@H]1CCO[C@H]1C. The minimum atomic E-state index is -1.28. The predicted octanol–water partition coefficient (Wildman–Crippen LogP) is 2.52. The molecule has 4 nitrogen and oxygen atoms in total. The minimum Gasteiger partial charge on any atom is -0.377 e. The van der Waals surface area contributed by atoms with E-state index in [9.17, 15) is 9.00 Å². The fourth-order valence-corrected chi connectivity index (χ4v) is 4.80. The van der Waals surface area contributed by atoms with Gasteiger partial charge in [0.15, 0.2) is 0 Å². The second-order valence-corrected chi connectivity index (χ2v) is 7.27. The van der Waals surface area contributed by atoms with Gasteiger partial charge in [-0.3, -0.25) is 9.00 Å². The number of amides is 1. The number of hydrogen-bond acceptors (Lipinski definition) is 3. The van der Waals surface area contributed by atoms with Crippen LogP contribution in [0.3, 0.4) is 0 Å². The van der Waals surface area contributed by atoms with Gasteiger partial charge >= 0.3 is 0 Å². The third-order valence-electron chi connectivity index (χ3n) is 4.24. The molecule has 0 N–H and O–H groups in total. The van der Waals surface area contributed by atoms with E-state index in [1.54, 1.807) is 4.90 Å². The van der Waals surface area contributed by atoms with Crippen molar-refractivity contribution < 1.29 is 13.7 Å². The van der Waals surface area contributed by atoms with Gasteiger partial charge < -0.3 is 9.64 Å². The van der Waals surface area contributed by atoms with Crippen molar-refractivity contribution in [2.75, 3.05) is 19.7 Å². The third-order valence-corrected chi connectivity index (χ3v) is 6.39. The first kappa shape index (κ1) is 17.2. The summed E-state index contributed by atoms with van der Waals surface area (Å²) in [6, 6.07) is 9.48. The van der Waals surface area contributed by atoms with Crippen LogP contribution in [0.1, 0.15) is 38.0 Å². The van der Waals surface area contributed by atoms with E-state index in [-0.39, 0.29) is 17.3 Å². The lowest BCUT2D eigenvalue weighted by molar-refractivity contribution is -0.130. The van der Waals surface area contributed by atoms with E-state index in [0.29, 0.717) is 19.7 Å². The summed E-state index contributed by atoms with van der Waals surface area (Å²) in [6.07, 6.45) is 0.694. The lowest BCUT2D eigenvalue weighted by Gasteiger charge is -2.27. The maximum absolute atomic E-state index is 13.1. The van der Waals surface area contributed by atoms with Crippen LogP contribution in [-0.2, 0) is 20.3 Å². The zero-order valence-corrected chi connectivity index (χ0v) is 14.3. The molecule has 4 atom stereocenters. The largest absolute Gasteiger partial charge is 0.377 e. The number of ether oxygens (including phenoxy) is 1. The van der Waals surface area contributed by atoms with Crippen LogP contribution >= 0.6 is 0 Å². The summed E-state index contributed by atoms with van der Waals surface area (Å²) in [5.41, 5.74) is 0.830. The monoisotopic (exact) mass is 323 g/mol. The summed E-state index contributed by atoms with van der Waals surface area (Å²) in [4.78, 5) is 14.7. The normalized spacial score (nSPS) is 24.0. The lowest BCUT2D eigenvalue weighted by atomic mass is 10.1. The van der Waals surface area contributed by atoms with E-state index in [1.807, 2.05) is 51.1 Å². The molecule has 5 heteroatoms. The Kier molecular flexibility index (Phi) is 6.15. The fourth-order valence-electron chi connectivity index (χ4n) is 2.90. The molecule has 0 spiro atoms. The summed E-state index contributed by atoms with van der Waals surface area (Å²) in [5, 5.41) is -0.681. The van der Waals surface area contributed by atoms with Gasteiger partial charge in [0.05, 0.1) is 11.4 Å². The quantitative estimate of drug-likeness (QED) is 0.808. The maximum Gasteiger partial charge on any atom is 0.242 e. The van der Waals surface area contributed by atoms with E-state index in [1.165, 1.54) is 0 Å². The van der Waals surface area contributed by atoms with Crippen LogP contribution in [0.25, 0.3) is 0 Å². The van der Waals surface area contributed by atoms with Crippen molar-refractivity contribution in [3.63, 3.8) is 0 Å². The molecule has 1 aliphatic rings. The molecular weight excluding hydrogens is 298 g/mol. The van der Waals surface area contributed by atoms with Crippen LogP contribution in [0, 0.1) is 0 Å². The highest BCUT2D eigenvalue weighted by Gasteiger charge is 2.39. The molecule has 122 valence electrons. The standard InChI is InChI=1S/C17H25NO3S/c1-4-18(5-2)17(19)16(14-9-7-6-8-10-14)22(20)15-11-12-21-13(15)3/h6-10,13,15-16H,4-5,11-12H2,1-3H3/t13-,15-,16-,22+/m0/s1. The average Bonchev–Trinajstić information content (AvgIpc) is 2.96. The highest BCUT2D eigenvalue weighted by Crippen LogP contribution is 2.30. The van der Waals surface area contributed by atoms with E-state index in [0.717, 1.165) is 12.0 Å². The van der Waals surface area contributed by atoms with E-state index < -0.39 is 16.0 Å². The van der Waals surface area contributed by atoms with Gasteiger partial charge in [0.1, 0.15) is 5.25 Å². The molecule has 1 fully saturated rings. The van der Waals surface area contributed by atoms with Gasteiger partial charge in [0.2, 0.25) is 5.91 Å². The van der Waals surface area contributed by atoms with Crippen LogP contribution in [0.2, 0.25) is 0 Å². The van der Waals surface area contributed by atoms with Crippen LogP contribution < -0.4 is 0 Å². The van der Waals surface area contributed by atoms with Crippen molar-refractivity contribution in [1.82, 2.24) is 4.90 Å². The van der Waals surface area contributed by atoms with Crippen molar-refractivity contribution in [3.05, 3.63) is 35.9 Å². The number of carbonyl (C=O) groups is 1. The van der Waals surface area contributed by atoms with Crippen molar-refractivity contribution >= 4 is 16.7 Å². The molecule has 0 aromatic heterocycles. The van der Waals surface area contributed by atoms with Crippen molar-refractivity contribution in [2.45, 2.75) is 43.8 Å². The molecule has 1 amide bonds. The fraction of sp³-hybridized carbons (Fsp3) is 0.588. The Bertz CT molecular complexity index is 516. The Morgan fingerprint density at radius 2 is 1.95 bits per heavy atom. The van der Waals surface area contributed by atoms with Crippen molar-refractivity contribution in [1.29, 1.82) is 0 Å². The van der Waals surface area contributed by atoms with Gasteiger partial charge in [0, 0.05) is 30.5 Å². The van der Waals surface area contributed by atoms with Crippen molar-refractivity contribution in [3.8, 4) is 0 Å². The van der Waals surface area contributed by atoms with Gasteiger partial charge in [-0.15, -0.1) is 0 Å². The topological polar surface area (TPSA) is 46.6 Å². The second-order valence-electron chi connectivity index (χ2n) is 5.53. The number of carbonyl (C=O) groups excluding carboxylic acids is 1. The molecule has 0 radical (unpaired) electrons. The first-order valence-electron chi connectivity index (χ1n) is 7.94. The van der Waals surface area contributed by atoms with Gasteiger partial charge in [0.25, 0.3) is 0 Å². The first-order valence-corrected chi connectivity index (χ1v) is 9.22. The van der Waals surface area contributed by atoms with Gasteiger partial charge in [-0.25, -0.2) is 0 Å². The third kappa shape index (κ3) is 3.58. The molecule has 0 bridgehead atoms. The number of hydrogen-bond donors (Lipinski definition) is 0. The van der Waals surface area contributed by atoms with E-state index in [2.05, 4.69) is 0 Å². The molecule has 1 aromatic rings. The van der Waals surface area contributed by atoms with Gasteiger partial charge in [-0.05, 0) is 32.8 Å². The number of benzene rings is 1. The molecule has 1 saturated heterocycles. The van der Waals surface area contributed by atoms with Crippen molar-refractivity contribution in [2.24, 2.45) is 0 Å². The Morgan fingerprint density at radius 1 is 1.32 bits per heavy atom. The summed E-state index contributed by atoms with van der Waals surface area (Å²) in [6.45, 7) is 7.73. The number of likely N-dealkylation sites (N-methyl/N-ethyl adjacent to an activating group) is 1. The highest BCUT2D eigenvalue weighted by molar-refractivity contribution is 7.86. The van der Waals surface area contributed by atoms with E-state index >= 15 is 0 Å². The smallest absolute Gasteiger partial charge is 0.242 e. The lowest BCUT2D eigenvalue weighted by Crippen LogP contribution is -2.39. The predicted molar refractivity (Wildman–Crippen MR) is 89.1 cm³/mol. The molecule has 2 rings (SSSR count). The average molecular weight is 323 g/mol. The zero-order valence-electron chi connectivity index (χ0n) is 13.5. The first-order chi connectivity index (χ1) is 10.6. The zero-order chi connectivity index (χ0) is 16.1. The summed E-state index contributed by atoms with van der Waals surface area (Å²) < 4.78 is 18.7. The molecule has 1 aromatic carbocycles. The van der Waals surface area contributed by atoms with Gasteiger partial charge in [-0.1, -0.05) is 30.3 Å². The van der Waals surface area contributed by atoms with E-state index in [4.69, 9.17) is 4.74 Å². The minimum absolute atomic E-state index is 0.0476. The summed E-state index contributed by atoms with van der Waals surface area (Å²) >= 11 is 0. The number of rotatable bonds is 6. The molecule has 1 heterocycles. The van der Waals surface area contributed by atoms with Crippen LogP contribution in [0.5, 0.6) is 0 Å². The molecule has 22 heavy (non-hydrogen) atoms. The summed E-state index contributed by atoms with van der Waals surface area (Å²) in [5.74, 6) is -0.0476. The molecule has 0 saturated carbocycles. The molecule has 0 aliphatic carbocycles. The van der Waals surface area contributed by atoms with Gasteiger partial charge in [-0.2, -0.15) is 0 Å². The Balaban J connectivity index is 2.33. The number of nitrogens with zero attached hydrogens (tertiary/aromatic N) is 1. The Morgan fingerprint density at radius 3 is 2.45 bits per heavy atom. The molecular formula is C17H25NO3S. The maximum atomic E-state index is 13.1. The second kappa shape index (κ2) is 7.88. The molecule has 0 unspecified atom stereocenters. The molecule has 1 aliphatic heterocycles.